The van der Waals surface area contributed by atoms with Gasteiger partial charge in [0.2, 0.25) is 0 Å². The van der Waals surface area contributed by atoms with E-state index in [0.29, 0.717) is 6.54 Å². The number of halogens is 2. The Labute approximate surface area is 153 Å². The molecule has 0 radical (unpaired) electrons. The molecule has 1 saturated heterocycles. The minimum absolute atomic E-state index is 0.134. The molecule has 0 saturated carbocycles. The van der Waals surface area contributed by atoms with Gasteiger partial charge in [0.1, 0.15) is 0 Å². The molecule has 3 nitrogen and oxygen atoms in total. The Hall–Kier alpha value is -2.43. The molecule has 0 spiro atoms. The topological polar surface area (TPSA) is 32.3 Å². The first kappa shape index (κ1) is 18.4. The van der Waals surface area contributed by atoms with Gasteiger partial charge in [-0.15, -0.1) is 0 Å². The molecule has 3 rings (SSSR count). The number of anilines is 1. The SMILES string of the molecule is O=C(NCCCc1ccc(N2CCCCC2)cc1)c1ccc(F)c(F)c1. The second kappa shape index (κ2) is 8.79. The van der Waals surface area contributed by atoms with Crippen LogP contribution in [0.4, 0.5) is 14.5 Å². The Morgan fingerprint density at radius 2 is 1.69 bits per heavy atom. The summed E-state index contributed by atoms with van der Waals surface area (Å²) in [7, 11) is 0. The van der Waals surface area contributed by atoms with Crippen molar-refractivity contribution in [3.8, 4) is 0 Å². The van der Waals surface area contributed by atoms with Crippen LogP contribution >= 0.6 is 0 Å². The Morgan fingerprint density at radius 3 is 2.38 bits per heavy atom. The molecule has 1 aliphatic heterocycles. The smallest absolute Gasteiger partial charge is 0.251 e. The normalized spacial score (nSPS) is 14.3. The number of piperidine rings is 1. The predicted octanol–water partition coefficient (Wildman–Crippen LogP) is 4.32. The lowest BCUT2D eigenvalue weighted by Crippen LogP contribution is -2.29. The zero-order valence-corrected chi connectivity index (χ0v) is 14.8. The number of hydrogen-bond acceptors (Lipinski definition) is 2. The number of rotatable bonds is 6. The molecule has 5 heteroatoms. The van der Waals surface area contributed by atoms with Gasteiger partial charge in [-0.2, -0.15) is 0 Å². The lowest BCUT2D eigenvalue weighted by Gasteiger charge is -2.28. The largest absolute Gasteiger partial charge is 0.372 e. The summed E-state index contributed by atoms with van der Waals surface area (Å²) in [5.41, 5.74) is 2.64. The van der Waals surface area contributed by atoms with Crippen LogP contribution in [0.1, 0.15) is 41.6 Å². The molecule has 0 atom stereocenters. The summed E-state index contributed by atoms with van der Waals surface area (Å²) in [5.74, 6) is -2.34. The van der Waals surface area contributed by atoms with E-state index in [2.05, 4.69) is 34.5 Å². The summed E-state index contributed by atoms with van der Waals surface area (Å²) in [6.45, 7) is 2.76. The Bertz CT molecular complexity index is 740. The zero-order valence-electron chi connectivity index (χ0n) is 14.8. The highest BCUT2D eigenvalue weighted by atomic mass is 19.2. The maximum atomic E-state index is 13.2. The van der Waals surface area contributed by atoms with Gasteiger partial charge in [-0.25, -0.2) is 8.78 Å². The fourth-order valence-corrected chi connectivity index (χ4v) is 3.26. The van der Waals surface area contributed by atoms with E-state index < -0.39 is 11.6 Å². The predicted molar refractivity (Wildman–Crippen MR) is 99.5 cm³/mol. The van der Waals surface area contributed by atoms with Gasteiger partial charge in [0, 0.05) is 30.9 Å². The quantitative estimate of drug-likeness (QED) is 0.780. The molecule has 1 fully saturated rings. The highest BCUT2D eigenvalue weighted by molar-refractivity contribution is 5.94. The summed E-state index contributed by atoms with van der Waals surface area (Å²) in [6.07, 6.45) is 5.50. The molecule has 1 N–H and O–H groups in total. The third-order valence-electron chi connectivity index (χ3n) is 4.77. The van der Waals surface area contributed by atoms with E-state index in [1.165, 1.54) is 36.6 Å². The first-order valence-electron chi connectivity index (χ1n) is 9.20. The van der Waals surface area contributed by atoms with Gasteiger partial charge < -0.3 is 10.2 Å². The second-order valence-electron chi connectivity index (χ2n) is 6.70. The number of carbonyl (C=O) groups is 1. The van der Waals surface area contributed by atoms with Crippen molar-refractivity contribution in [3.63, 3.8) is 0 Å². The van der Waals surface area contributed by atoms with Crippen LogP contribution in [0.2, 0.25) is 0 Å². The summed E-state index contributed by atoms with van der Waals surface area (Å²) in [6, 6.07) is 11.8. The molecule has 138 valence electrons. The van der Waals surface area contributed by atoms with Crippen molar-refractivity contribution in [2.75, 3.05) is 24.5 Å². The Morgan fingerprint density at radius 1 is 0.962 bits per heavy atom. The lowest BCUT2D eigenvalue weighted by atomic mass is 10.1. The molecule has 0 aromatic heterocycles. The lowest BCUT2D eigenvalue weighted by molar-refractivity contribution is 0.0952. The van der Waals surface area contributed by atoms with Gasteiger partial charge in [-0.05, 0) is 68.0 Å². The maximum Gasteiger partial charge on any atom is 0.251 e. The van der Waals surface area contributed by atoms with Crippen LogP contribution in [0.25, 0.3) is 0 Å². The van der Waals surface area contributed by atoms with Crippen molar-refractivity contribution >= 4 is 11.6 Å². The molecular formula is C21H24F2N2O. The van der Waals surface area contributed by atoms with E-state index in [0.717, 1.165) is 38.1 Å². The van der Waals surface area contributed by atoms with Gasteiger partial charge in [-0.3, -0.25) is 4.79 Å². The highest BCUT2D eigenvalue weighted by Gasteiger charge is 2.11. The van der Waals surface area contributed by atoms with E-state index in [1.807, 2.05) is 0 Å². The third kappa shape index (κ3) is 4.81. The summed E-state index contributed by atoms with van der Waals surface area (Å²) < 4.78 is 26.1. The van der Waals surface area contributed by atoms with Crippen molar-refractivity contribution in [1.82, 2.24) is 5.32 Å². The Kier molecular flexibility index (Phi) is 6.21. The van der Waals surface area contributed by atoms with Crippen LogP contribution in [0.15, 0.2) is 42.5 Å². The second-order valence-corrected chi connectivity index (χ2v) is 6.70. The standard InChI is InChI=1S/C21H24F2N2O/c22-19-11-8-17(15-20(19)23)21(26)24-12-4-5-16-6-9-18(10-7-16)25-13-2-1-3-14-25/h6-11,15H,1-5,12-14H2,(H,24,26). The summed E-state index contributed by atoms with van der Waals surface area (Å²) >= 11 is 0. The number of benzene rings is 2. The highest BCUT2D eigenvalue weighted by Crippen LogP contribution is 2.20. The van der Waals surface area contributed by atoms with Gasteiger partial charge >= 0.3 is 0 Å². The maximum absolute atomic E-state index is 13.2. The van der Waals surface area contributed by atoms with Crippen molar-refractivity contribution in [2.24, 2.45) is 0 Å². The molecule has 0 bridgehead atoms. The minimum Gasteiger partial charge on any atom is -0.372 e. The van der Waals surface area contributed by atoms with E-state index in [4.69, 9.17) is 0 Å². The van der Waals surface area contributed by atoms with Crippen LogP contribution in [0.3, 0.4) is 0 Å². The van der Waals surface area contributed by atoms with Crippen LogP contribution < -0.4 is 10.2 Å². The van der Waals surface area contributed by atoms with Crippen LogP contribution in [-0.2, 0) is 6.42 Å². The van der Waals surface area contributed by atoms with Gasteiger partial charge in [0.25, 0.3) is 5.91 Å². The van der Waals surface area contributed by atoms with Crippen molar-refractivity contribution < 1.29 is 13.6 Å². The van der Waals surface area contributed by atoms with E-state index >= 15 is 0 Å². The molecular weight excluding hydrogens is 334 g/mol. The number of aryl methyl sites for hydroxylation is 1. The monoisotopic (exact) mass is 358 g/mol. The molecule has 0 unspecified atom stereocenters. The average Bonchev–Trinajstić information content (AvgIpc) is 2.68. The first-order chi connectivity index (χ1) is 12.6. The average molecular weight is 358 g/mol. The number of carbonyl (C=O) groups excluding carboxylic acids is 1. The number of nitrogens with zero attached hydrogens (tertiary/aromatic N) is 1. The molecule has 0 aliphatic carbocycles. The summed E-state index contributed by atoms with van der Waals surface area (Å²) in [4.78, 5) is 14.4. The van der Waals surface area contributed by atoms with Crippen LogP contribution in [0, 0.1) is 11.6 Å². The molecule has 26 heavy (non-hydrogen) atoms. The van der Waals surface area contributed by atoms with Crippen molar-refractivity contribution in [3.05, 3.63) is 65.2 Å². The van der Waals surface area contributed by atoms with E-state index in [-0.39, 0.29) is 11.5 Å². The van der Waals surface area contributed by atoms with E-state index in [9.17, 15) is 13.6 Å². The summed E-state index contributed by atoms with van der Waals surface area (Å²) in [5, 5.41) is 2.74. The number of nitrogens with one attached hydrogen (secondary N) is 1. The van der Waals surface area contributed by atoms with Crippen LogP contribution in [-0.4, -0.2) is 25.5 Å². The van der Waals surface area contributed by atoms with Gasteiger partial charge in [0.05, 0.1) is 0 Å². The minimum atomic E-state index is -1.01. The van der Waals surface area contributed by atoms with Gasteiger partial charge in [-0.1, -0.05) is 12.1 Å². The van der Waals surface area contributed by atoms with Crippen LogP contribution in [0.5, 0.6) is 0 Å². The number of amides is 1. The fourth-order valence-electron chi connectivity index (χ4n) is 3.26. The Balaban J connectivity index is 1.43. The fraction of sp³-hybridized carbons (Fsp3) is 0.381. The van der Waals surface area contributed by atoms with E-state index in [1.54, 1.807) is 0 Å². The van der Waals surface area contributed by atoms with Crippen molar-refractivity contribution in [2.45, 2.75) is 32.1 Å². The van der Waals surface area contributed by atoms with Gasteiger partial charge in [0.15, 0.2) is 11.6 Å². The molecule has 1 heterocycles. The molecule has 2 aromatic rings. The zero-order chi connectivity index (χ0) is 18.4. The molecule has 1 aliphatic rings. The third-order valence-corrected chi connectivity index (χ3v) is 4.77. The van der Waals surface area contributed by atoms with Crippen molar-refractivity contribution in [1.29, 1.82) is 0 Å². The molecule has 2 aromatic carbocycles. The number of hydrogen-bond donors (Lipinski definition) is 1. The first-order valence-corrected chi connectivity index (χ1v) is 9.20. The molecule has 1 amide bonds.